The van der Waals surface area contributed by atoms with Crippen LogP contribution in [0.2, 0.25) is 0 Å². The molecule has 0 bridgehead atoms. The zero-order valence-corrected chi connectivity index (χ0v) is 25.2. The maximum Gasteiger partial charge on any atom is 0.317 e. The highest BCUT2D eigenvalue weighted by Crippen LogP contribution is 2.25. The summed E-state index contributed by atoms with van der Waals surface area (Å²) < 4.78 is 11.3. The van der Waals surface area contributed by atoms with Gasteiger partial charge < -0.3 is 23.9 Å². The third-order valence-corrected chi connectivity index (χ3v) is 7.37. The average Bonchev–Trinajstić information content (AvgIpc) is 2.80. The van der Waals surface area contributed by atoms with Crippen molar-refractivity contribution in [2.75, 3.05) is 39.5 Å². The Bertz CT molecular complexity index is 487. The summed E-state index contributed by atoms with van der Waals surface area (Å²) in [7, 11) is -1.79. The molecule has 0 aromatic heterocycles. The van der Waals surface area contributed by atoms with Crippen molar-refractivity contribution in [2.24, 2.45) is 0 Å². The number of hydrogen-bond acceptors (Lipinski definition) is 4. The summed E-state index contributed by atoms with van der Waals surface area (Å²) in [5, 5.41) is 9.97. The smallest absolute Gasteiger partial charge is 0.317 e. The standard InChI is InChI=1S/C25H54N.C3H8NO5P/c1-5-8-11-14-17-20-23-26(4,24-21-18-15-12-9-6-2)25-22-19-16-13-10-7-3;5-3(6)1-4-2-10(7,8)9/h5-25H2,1-4H3;4H,1-2H2,(H,5,6)(H2,7,8,9)/q+1;/p-1. The third kappa shape index (κ3) is 31.6. The normalized spacial score (nSPS) is 13.2. The SMILES string of the molecule is CCCCCCCC[N+](C)(CCCCCCCC)CCCCCCCC.O=C(O)CNCP(=O)([O-])O. The van der Waals surface area contributed by atoms with Crippen molar-refractivity contribution in [1.82, 2.24) is 5.32 Å². The Labute approximate surface area is 223 Å². The lowest BCUT2D eigenvalue weighted by atomic mass is 10.1. The Morgan fingerprint density at radius 1 is 0.694 bits per heavy atom. The predicted octanol–water partition coefficient (Wildman–Crippen LogP) is 6.68. The lowest BCUT2D eigenvalue weighted by molar-refractivity contribution is -0.910. The molecule has 0 aromatic rings. The molecular formula is C28H61N2O5P. The van der Waals surface area contributed by atoms with Crippen LogP contribution in [0.25, 0.3) is 0 Å². The van der Waals surface area contributed by atoms with Crippen LogP contribution in [-0.2, 0) is 9.36 Å². The summed E-state index contributed by atoms with van der Waals surface area (Å²) in [4.78, 5) is 27.8. The van der Waals surface area contributed by atoms with Gasteiger partial charge in [-0.2, -0.15) is 0 Å². The van der Waals surface area contributed by atoms with Crippen molar-refractivity contribution in [3.63, 3.8) is 0 Å². The van der Waals surface area contributed by atoms with Crippen LogP contribution in [0.5, 0.6) is 0 Å². The van der Waals surface area contributed by atoms with Crippen LogP contribution in [0.15, 0.2) is 0 Å². The second-order valence-corrected chi connectivity index (χ2v) is 12.3. The number of nitrogens with one attached hydrogen (secondary N) is 1. The quantitative estimate of drug-likeness (QED) is 0.0682. The molecule has 218 valence electrons. The number of nitrogens with zero attached hydrogens (tertiary/aromatic N) is 1. The van der Waals surface area contributed by atoms with Crippen LogP contribution in [0, 0.1) is 0 Å². The minimum atomic E-state index is -4.35. The Morgan fingerprint density at radius 3 is 1.28 bits per heavy atom. The zero-order valence-electron chi connectivity index (χ0n) is 24.3. The van der Waals surface area contributed by atoms with E-state index in [9.17, 15) is 14.3 Å². The lowest BCUT2D eigenvalue weighted by Crippen LogP contribution is -2.46. The number of carboxylic acid groups (broad SMARTS) is 1. The van der Waals surface area contributed by atoms with Gasteiger partial charge in [-0.1, -0.05) is 97.8 Å². The fourth-order valence-electron chi connectivity index (χ4n) is 4.46. The maximum atomic E-state index is 9.94. The van der Waals surface area contributed by atoms with Crippen molar-refractivity contribution >= 4 is 13.6 Å². The molecule has 1 atom stereocenters. The highest BCUT2D eigenvalue weighted by molar-refractivity contribution is 7.50. The van der Waals surface area contributed by atoms with Gasteiger partial charge in [-0.25, -0.2) is 0 Å². The van der Waals surface area contributed by atoms with E-state index >= 15 is 0 Å². The monoisotopic (exact) mass is 536 g/mol. The van der Waals surface area contributed by atoms with E-state index in [2.05, 4.69) is 27.8 Å². The molecule has 0 fully saturated rings. The van der Waals surface area contributed by atoms with Gasteiger partial charge in [-0.3, -0.25) is 10.1 Å². The van der Waals surface area contributed by atoms with Crippen LogP contribution in [-0.4, -0.2) is 60.0 Å². The van der Waals surface area contributed by atoms with Crippen LogP contribution < -0.4 is 10.2 Å². The Balaban J connectivity index is 0. The Hall–Kier alpha value is -0.460. The fourth-order valence-corrected chi connectivity index (χ4v) is 4.86. The number of hydrogen-bond donors (Lipinski definition) is 3. The van der Waals surface area contributed by atoms with E-state index in [1.54, 1.807) is 0 Å². The molecule has 36 heavy (non-hydrogen) atoms. The first-order valence-corrected chi connectivity index (χ1v) is 16.6. The van der Waals surface area contributed by atoms with Gasteiger partial charge in [0, 0.05) is 0 Å². The van der Waals surface area contributed by atoms with Gasteiger partial charge in [0.25, 0.3) is 0 Å². The topological polar surface area (TPSA) is 110 Å². The van der Waals surface area contributed by atoms with Gasteiger partial charge in [-0.15, -0.1) is 0 Å². The Morgan fingerprint density at radius 2 is 1.00 bits per heavy atom. The number of carboxylic acids is 1. The van der Waals surface area contributed by atoms with Gasteiger partial charge in [0.05, 0.1) is 39.5 Å². The largest absolute Gasteiger partial charge is 0.778 e. The van der Waals surface area contributed by atoms with Gasteiger partial charge in [0.15, 0.2) is 0 Å². The second-order valence-electron chi connectivity index (χ2n) is 10.7. The van der Waals surface area contributed by atoms with Gasteiger partial charge in [-0.05, 0) is 38.5 Å². The molecule has 1 unspecified atom stereocenters. The molecule has 0 aliphatic carbocycles. The summed E-state index contributed by atoms with van der Waals surface area (Å²) >= 11 is 0. The molecule has 0 aliphatic rings. The van der Waals surface area contributed by atoms with E-state index in [0.29, 0.717) is 0 Å². The van der Waals surface area contributed by atoms with E-state index in [0.717, 1.165) is 0 Å². The minimum absolute atomic E-state index is 0.479. The molecule has 0 saturated heterocycles. The first-order chi connectivity index (χ1) is 17.1. The molecule has 0 rings (SSSR count). The van der Waals surface area contributed by atoms with Gasteiger partial charge in [0.1, 0.15) is 7.60 Å². The van der Waals surface area contributed by atoms with Crippen LogP contribution >= 0.6 is 7.60 Å². The van der Waals surface area contributed by atoms with E-state index in [1.165, 1.54) is 140 Å². The van der Waals surface area contributed by atoms with E-state index in [1.807, 2.05) is 5.32 Å². The van der Waals surface area contributed by atoms with Crippen molar-refractivity contribution in [3.05, 3.63) is 0 Å². The molecule has 0 saturated carbocycles. The number of rotatable bonds is 25. The minimum Gasteiger partial charge on any atom is -0.778 e. The molecule has 0 amide bonds. The molecule has 0 aromatic carbocycles. The van der Waals surface area contributed by atoms with Gasteiger partial charge >= 0.3 is 5.97 Å². The van der Waals surface area contributed by atoms with Gasteiger partial charge in [0.2, 0.25) is 0 Å². The summed E-state index contributed by atoms with van der Waals surface area (Å²) in [5.41, 5.74) is 0. The molecule has 0 spiro atoms. The summed E-state index contributed by atoms with van der Waals surface area (Å²) in [6.07, 6.45) is 25.2. The zero-order chi connectivity index (χ0) is 27.5. The highest BCUT2D eigenvalue weighted by Gasteiger charge is 2.20. The van der Waals surface area contributed by atoms with Crippen LogP contribution in [0.3, 0.4) is 0 Å². The molecular weight excluding hydrogens is 475 g/mol. The molecule has 8 heteroatoms. The number of aliphatic carboxylic acids is 1. The van der Waals surface area contributed by atoms with Crippen molar-refractivity contribution in [2.45, 2.75) is 136 Å². The summed E-state index contributed by atoms with van der Waals surface area (Å²) in [6, 6.07) is 0. The maximum absolute atomic E-state index is 9.94. The van der Waals surface area contributed by atoms with Crippen LogP contribution in [0.1, 0.15) is 136 Å². The molecule has 7 nitrogen and oxygen atoms in total. The van der Waals surface area contributed by atoms with Crippen molar-refractivity contribution < 1.29 is 28.7 Å². The molecule has 3 N–H and O–H groups in total. The third-order valence-electron chi connectivity index (χ3n) is 6.74. The first-order valence-electron chi connectivity index (χ1n) is 14.9. The molecule has 0 aliphatic heterocycles. The Kier molecular flexibility index (Phi) is 27.4. The highest BCUT2D eigenvalue weighted by atomic mass is 31.2. The average molecular weight is 537 g/mol. The second kappa shape index (κ2) is 26.2. The first kappa shape index (κ1) is 37.7. The van der Waals surface area contributed by atoms with E-state index in [4.69, 9.17) is 10.00 Å². The lowest BCUT2D eigenvalue weighted by Gasteiger charge is -2.35. The number of unbranched alkanes of at least 4 members (excludes halogenated alkanes) is 15. The van der Waals surface area contributed by atoms with E-state index in [-0.39, 0.29) is 0 Å². The predicted molar refractivity (Wildman–Crippen MR) is 151 cm³/mol. The van der Waals surface area contributed by atoms with Crippen molar-refractivity contribution in [3.8, 4) is 0 Å². The van der Waals surface area contributed by atoms with Crippen molar-refractivity contribution in [1.29, 1.82) is 0 Å². The molecule has 0 radical (unpaired) electrons. The fraction of sp³-hybridized carbons (Fsp3) is 0.964. The molecule has 0 heterocycles. The summed E-state index contributed by atoms with van der Waals surface area (Å²) in [5.74, 6) is -1.17. The van der Waals surface area contributed by atoms with Crippen LogP contribution in [0.4, 0.5) is 0 Å². The summed E-state index contributed by atoms with van der Waals surface area (Å²) in [6.45, 7) is 10.7. The number of carbonyl (C=O) groups is 1. The number of quaternary nitrogens is 1. The van der Waals surface area contributed by atoms with E-state index < -0.39 is 26.4 Å².